The molecular formula is C19H25N3O4. The standard InChI is InChI=1S/C19H25N3O4/c1-2-26-18(25)22-12-10-21(11-13-22)17(24)19(8-9-19)16(23)20-14-15-6-4-3-5-7-15/h3-7H,2,8-14H2,1H3,(H,20,23). The average Bonchev–Trinajstić information content (AvgIpc) is 3.49. The van der Waals surface area contributed by atoms with Gasteiger partial charge in [-0.1, -0.05) is 30.3 Å². The minimum absolute atomic E-state index is 0.119. The molecular weight excluding hydrogens is 334 g/mol. The van der Waals surface area contributed by atoms with Crippen LogP contribution < -0.4 is 5.32 Å². The highest BCUT2D eigenvalue weighted by molar-refractivity contribution is 6.07. The Morgan fingerprint density at radius 3 is 2.23 bits per heavy atom. The van der Waals surface area contributed by atoms with Gasteiger partial charge in [-0.05, 0) is 25.3 Å². The molecule has 1 saturated carbocycles. The number of carbonyl (C=O) groups excluding carboxylic acids is 3. The Hall–Kier alpha value is -2.57. The van der Waals surface area contributed by atoms with Crippen molar-refractivity contribution in [1.29, 1.82) is 0 Å². The first-order valence-corrected chi connectivity index (χ1v) is 9.10. The van der Waals surface area contributed by atoms with Crippen molar-refractivity contribution in [2.45, 2.75) is 26.3 Å². The number of rotatable bonds is 5. The molecule has 1 aliphatic heterocycles. The summed E-state index contributed by atoms with van der Waals surface area (Å²) in [4.78, 5) is 40.5. The van der Waals surface area contributed by atoms with Gasteiger partial charge < -0.3 is 19.9 Å². The number of nitrogens with one attached hydrogen (secondary N) is 1. The lowest BCUT2D eigenvalue weighted by molar-refractivity contribution is -0.145. The summed E-state index contributed by atoms with van der Waals surface area (Å²) in [6.07, 6.45) is 0.830. The molecule has 0 aromatic heterocycles. The molecule has 0 unspecified atom stereocenters. The quantitative estimate of drug-likeness (QED) is 0.806. The molecule has 1 heterocycles. The largest absolute Gasteiger partial charge is 0.450 e. The van der Waals surface area contributed by atoms with E-state index in [1.165, 1.54) is 0 Å². The highest BCUT2D eigenvalue weighted by Gasteiger charge is 2.58. The molecule has 140 valence electrons. The van der Waals surface area contributed by atoms with E-state index < -0.39 is 5.41 Å². The lowest BCUT2D eigenvalue weighted by atomic mass is 10.0. The first kappa shape index (κ1) is 18.2. The Labute approximate surface area is 153 Å². The van der Waals surface area contributed by atoms with Crippen LogP contribution in [0.1, 0.15) is 25.3 Å². The van der Waals surface area contributed by atoms with E-state index in [4.69, 9.17) is 4.74 Å². The fourth-order valence-corrected chi connectivity index (χ4v) is 3.22. The minimum atomic E-state index is -0.916. The third-order valence-corrected chi connectivity index (χ3v) is 4.98. The second-order valence-corrected chi connectivity index (χ2v) is 6.73. The van der Waals surface area contributed by atoms with Crippen molar-refractivity contribution in [2.24, 2.45) is 5.41 Å². The second-order valence-electron chi connectivity index (χ2n) is 6.73. The van der Waals surface area contributed by atoms with Crippen molar-refractivity contribution >= 4 is 17.9 Å². The molecule has 7 nitrogen and oxygen atoms in total. The van der Waals surface area contributed by atoms with E-state index in [9.17, 15) is 14.4 Å². The summed E-state index contributed by atoms with van der Waals surface area (Å²) >= 11 is 0. The van der Waals surface area contributed by atoms with Gasteiger partial charge in [0.15, 0.2) is 0 Å². The lowest BCUT2D eigenvalue weighted by Gasteiger charge is -2.35. The van der Waals surface area contributed by atoms with Crippen LogP contribution in [-0.2, 0) is 20.9 Å². The van der Waals surface area contributed by atoms with E-state index in [1.807, 2.05) is 30.3 Å². The fraction of sp³-hybridized carbons (Fsp3) is 0.526. The molecule has 0 atom stereocenters. The zero-order valence-electron chi connectivity index (χ0n) is 15.1. The summed E-state index contributed by atoms with van der Waals surface area (Å²) in [5.74, 6) is -0.314. The van der Waals surface area contributed by atoms with Gasteiger partial charge in [0.2, 0.25) is 11.8 Å². The normalized spacial score (nSPS) is 18.2. The predicted molar refractivity (Wildman–Crippen MR) is 95.1 cm³/mol. The van der Waals surface area contributed by atoms with Crippen molar-refractivity contribution in [2.75, 3.05) is 32.8 Å². The van der Waals surface area contributed by atoms with Crippen LogP contribution in [0.15, 0.2) is 30.3 Å². The summed E-state index contributed by atoms with van der Waals surface area (Å²) in [5.41, 5.74) is 0.0908. The molecule has 1 aromatic rings. The summed E-state index contributed by atoms with van der Waals surface area (Å²) in [7, 11) is 0. The first-order valence-electron chi connectivity index (χ1n) is 9.10. The molecule has 1 N–H and O–H groups in total. The molecule has 2 aliphatic rings. The summed E-state index contributed by atoms with van der Waals surface area (Å²) < 4.78 is 4.99. The van der Waals surface area contributed by atoms with E-state index in [2.05, 4.69) is 5.32 Å². The SMILES string of the molecule is CCOC(=O)N1CCN(C(=O)C2(C(=O)NCc3ccccc3)CC2)CC1. The number of nitrogens with zero attached hydrogens (tertiary/aromatic N) is 2. The Kier molecular flexibility index (Phi) is 5.44. The minimum Gasteiger partial charge on any atom is -0.450 e. The number of carbonyl (C=O) groups is 3. The van der Waals surface area contributed by atoms with Gasteiger partial charge in [0.25, 0.3) is 0 Å². The highest BCUT2D eigenvalue weighted by atomic mass is 16.6. The van der Waals surface area contributed by atoms with Crippen molar-refractivity contribution in [1.82, 2.24) is 15.1 Å². The average molecular weight is 359 g/mol. The Balaban J connectivity index is 1.52. The van der Waals surface area contributed by atoms with E-state index >= 15 is 0 Å². The van der Waals surface area contributed by atoms with Gasteiger partial charge in [0, 0.05) is 32.7 Å². The number of amides is 3. The third kappa shape index (κ3) is 3.81. The van der Waals surface area contributed by atoms with Gasteiger partial charge in [0.05, 0.1) is 6.61 Å². The topological polar surface area (TPSA) is 79.0 Å². The number of ether oxygens (including phenoxy) is 1. The van der Waals surface area contributed by atoms with Gasteiger partial charge in [-0.3, -0.25) is 9.59 Å². The van der Waals surface area contributed by atoms with E-state index in [-0.39, 0.29) is 17.9 Å². The number of hydrogen-bond donors (Lipinski definition) is 1. The monoisotopic (exact) mass is 359 g/mol. The number of hydrogen-bond acceptors (Lipinski definition) is 4. The maximum absolute atomic E-state index is 12.9. The van der Waals surface area contributed by atoms with Crippen LogP contribution in [-0.4, -0.2) is 60.5 Å². The maximum Gasteiger partial charge on any atom is 0.409 e. The zero-order valence-corrected chi connectivity index (χ0v) is 15.1. The lowest BCUT2D eigenvalue weighted by Crippen LogP contribution is -2.54. The van der Waals surface area contributed by atoms with Crippen molar-refractivity contribution in [3.8, 4) is 0 Å². The van der Waals surface area contributed by atoms with E-state index in [1.54, 1.807) is 16.7 Å². The van der Waals surface area contributed by atoms with Gasteiger partial charge in [-0.15, -0.1) is 0 Å². The summed E-state index contributed by atoms with van der Waals surface area (Å²) in [6.45, 7) is 4.27. The molecule has 1 aromatic carbocycles. The van der Waals surface area contributed by atoms with Crippen LogP contribution in [0.4, 0.5) is 4.79 Å². The zero-order chi connectivity index (χ0) is 18.6. The van der Waals surface area contributed by atoms with Crippen LogP contribution >= 0.6 is 0 Å². The molecule has 1 saturated heterocycles. The summed E-state index contributed by atoms with van der Waals surface area (Å²) in [6, 6.07) is 9.64. The van der Waals surface area contributed by atoms with Gasteiger partial charge >= 0.3 is 6.09 Å². The Bertz CT molecular complexity index is 665. The van der Waals surface area contributed by atoms with E-state index in [0.717, 1.165) is 5.56 Å². The summed E-state index contributed by atoms with van der Waals surface area (Å²) in [5, 5.41) is 2.89. The third-order valence-electron chi connectivity index (χ3n) is 4.98. The molecule has 26 heavy (non-hydrogen) atoms. The smallest absolute Gasteiger partial charge is 0.409 e. The van der Waals surface area contributed by atoms with Crippen molar-refractivity contribution < 1.29 is 19.1 Å². The molecule has 0 bridgehead atoms. The highest BCUT2D eigenvalue weighted by Crippen LogP contribution is 2.47. The van der Waals surface area contributed by atoms with Gasteiger partial charge in [0.1, 0.15) is 5.41 Å². The maximum atomic E-state index is 12.9. The Morgan fingerprint density at radius 2 is 1.65 bits per heavy atom. The number of benzene rings is 1. The van der Waals surface area contributed by atoms with Crippen molar-refractivity contribution in [3.05, 3.63) is 35.9 Å². The van der Waals surface area contributed by atoms with Gasteiger partial charge in [-0.2, -0.15) is 0 Å². The molecule has 2 fully saturated rings. The molecule has 0 radical (unpaired) electrons. The molecule has 7 heteroatoms. The second kappa shape index (κ2) is 7.76. The predicted octanol–water partition coefficient (Wildman–Crippen LogP) is 1.38. The van der Waals surface area contributed by atoms with Crippen LogP contribution in [0, 0.1) is 5.41 Å². The first-order chi connectivity index (χ1) is 12.6. The molecule has 3 amide bonds. The van der Waals surface area contributed by atoms with Crippen LogP contribution in [0.5, 0.6) is 0 Å². The van der Waals surface area contributed by atoms with Crippen LogP contribution in [0.25, 0.3) is 0 Å². The molecule has 3 rings (SSSR count). The number of piperazine rings is 1. The van der Waals surface area contributed by atoms with Crippen LogP contribution in [0.3, 0.4) is 0 Å². The van der Waals surface area contributed by atoms with Crippen molar-refractivity contribution in [3.63, 3.8) is 0 Å². The Morgan fingerprint density at radius 1 is 1.04 bits per heavy atom. The van der Waals surface area contributed by atoms with Gasteiger partial charge in [-0.25, -0.2) is 4.79 Å². The fourth-order valence-electron chi connectivity index (χ4n) is 3.22. The van der Waals surface area contributed by atoms with E-state index in [0.29, 0.717) is 52.2 Å². The molecule has 1 aliphatic carbocycles. The van der Waals surface area contributed by atoms with Crippen LogP contribution in [0.2, 0.25) is 0 Å². The molecule has 0 spiro atoms.